The van der Waals surface area contributed by atoms with Crippen molar-refractivity contribution in [3.8, 4) is 0 Å². The molecule has 3 heteroatoms. The number of ether oxygens (including phenoxy) is 1. The van der Waals surface area contributed by atoms with Crippen LogP contribution >= 0.6 is 0 Å². The molecule has 2 aliphatic rings. The van der Waals surface area contributed by atoms with Gasteiger partial charge in [0, 0.05) is 12.1 Å². The van der Waals surface area contributed by atoms with Gasteiger partial charge in [-0.15, -0.1) is 0 Å². The van der Waals surface area contributed by atoms with Crippen molar-refractivity contribution in [3.63, 3.8) is 0 Å². The number of nitrogens with one attached hydrogen (secondary N) is 1. The number of rotatable bonds is 0. The summed E-state index contributed by atoms with van der Waals surface area (Å²) in [5.41, 5.74) is 0.324. The number of likely N-dealkylation sites (tertiary alicyclic amines) is 1. The molecule has 0 aliphatic carbocycles. The van der Waals surface area contributed by atoms with E-state index >= 15 is 0 Å². The van der Waals surface area contributed by atoms with Crippen LogP contribution in [-0.4, -0.2) is 50.3 Å². The highest BCUT2D eigenvalue weighted by molar-refractivity contribution is 4.94. The molecule has 0 aromatic heterocycles. The van der Waals surface area contributed by atoms with Crippen LogP contribution in [0.15, 0.2) is 0 Å². The van der Waals surface area contributed by atoms with E-state index in [1.165, 1.54) is 25.9 Å². The number of hydrogen-bond donors (Lipinski definition) is 1. The van der Waals surface area contributed by atoms with Crippen LogP contribution in [0.4, 0.5) is 0 Å². The summed E-state index contributed by atoms with van der Waals surface area (Å²) in [6, 6.07) is 0. The molecule has 0 bridgehead atoms. The second-order valence-corrected chi connectivity index (χ2v) is 4.06. The summed E-state index contributed by atoms with van der Waals surface area (Å²) in [6.07, 6.45) is 2.48. The van der Waals surface area contributed by atoms with Gasteiger partial charge < -0.3 is 15.0 Å². The van der Waals surface area contributed by atoms with Crippen LogP contribution < -0.4 is 5.32 Å². The van der Waals surface area contributed by atoms with Crippen molar-refractivity contribution in [2.45, 2.75) is 18.4 Å². The van der Waals surface area contributed by atoms with E-state index in [-0.39, 0.29) is 0 Å². The average molecular weight is 170 g/mol. The van der Waals surface area contributed by atoms with Crippen molar-refractivity contribution in [1.82, 2.24) is 10.2 Å². The van der Waals surface area contributed by atoms with E-state index in [9.17, 15) is 0 Å². The Bertz CT molecular complexity index is 145. The van der Waals surface area contributed by atoms with Gasteiger partial charge in [0.05, 0.1) is 13.2 Å². The SMILES string of the molecule is CN1CCC2(CC1)COCCN2. The zero-order valence-electron chi connectivity index (χ0n) is 7.81. The highest BCUT2D eigenvalue weighted by Gasteiger charge is 2.34. The van der Waals surface area contributed by atoms with E-state index < -0.39 is 0 Å². The van der Waals surface area contributed by atoms with E-state index in [0.29, 0.717) is 5.54 Å². The van der Waals surface area contributed by atoms with Gasteiger partial charge in [-0.3, -0.25) is 0 Å². The van der Waals surface area contributed by atoms with Gasteiger partial charge in [-0.05, 0) is 33.0 Å². The Morgan fingerprint density at radius 3 is 2.67 bits per heavy atom. The van der Waals surface area contributed by atoms with Crippen LogP contribution in [0.25, 0.3) is 0 Å². The third-order valence-corrected chi connectivity index (χ3v) is 3.07. The highest BCUT2D eigenvalue weighted by Crippen LogP contribution is 2.23. The van der Waals surface area contributed by atoms with Gasteiger partial charge in [0.25, 0.3) is 0 Å². The lowest BCUT2D eigenvalue weighted by Crippen LogP contribution is -2.59. The molecular formula is C9H18N2O. The van der Waals surface area contributed by atoms with Crippen LogP contribution in [-0.2, 0) is 4.74 Å². The summed E-state index contributed by atoms with van der Waals surface area (Å²) in [7, 11) is 2.19. The molecule has 1 N–H and O–H groups in total. The van der Waals surface area contributed by atoms with Gasteiger partial charge in [-0.25, -0.2) is 0 Å². The molecule has 12 heavy (non-hydrogen) atoms. The molecule has 2 aliphatic heterocycles. The summed E-state index contributed by atoms with van der Waals surface area (Å²) < 4.78 is 5.52. The Hall–Kier alpha value is -0.120. The van der Waals surface area contributed by atoms with Crippen molar-refractivity contribution >= 4 is 0 Å². The predicted molar refractivity (Wildman–Crippen MR) is 48.3 cm³/mol. The predicted octanol–water partition coefficient (Wildman–Crippen LogP) is 0.0706. The van der Waals surface area contributed by atoms with Gasteiger partial charge in [-0.2, -0.15) is 0 Å². The van der Waals surface area contributed by atoms with Crippen LogP contribution in [0, 0.1) is 0 Å². The molecule has 0 saturated carbocycles. The van der Waals surface area contributed by atoms with E-state index in [2.05, 4.69) is 17.3 Å². The maximum atomic E-state index is 5.52. The van der Waals surface area contributed by atoms with E-state index in [1.807, 2.05) is 0 Å². The van der Waals surface area contributed by atoms with Crippen LogP contribution in [0.1, 0.15) is 12.8 Å². The Labute approximate surface area is 74.1 Å². The van der Waals surface area contributed by atoms with Crippen molar-refractivity contribution < 1.29 is 4.74 Å². The van der Waals surface area contributed by atoms with Crippen molar-refractivity contribution in [2.75, 3.05) is 39.9 Å². The molecule has 0 atom stereocenters. The van der Waals surface area contributed by atoms with Crippen LogP contribution in [0.3, 0.4) is 0 Å². The van der Waals surface area contributed by atoms with E-state index in [4.69, 9.17) is 4.74 Å². The molecule has 0 unspecified atom stereocenters. The molecule has 0 radical (unpaired) electrons. The fraction of sp³-hybridized carbons (Fsp3) is 1.00. The fourth-order valence-electron chi connectivity index (χ4n) is 2.07. The lowest BCUT2D eigenvalue weighted by molar-refractivity contribution is -0.00165. The van der Waals surface area contributed by atoms with Gasteiger partial charge in [0.2, 0.25) is 0 Å². The Morgan fingerprint density at radius 2 is 2.08 bits per heavy atom. The number of morpholine rings is 1. The number of piperidine rings is 1. The Kier molecular flexibility index (Phi) is 2.35. The molecular weight excluding hydrogens is 152 g/mol. The molecule has 1 spiro atoms. The molecule has 2 heterocycles. The second kappa shape index (κ2) is 3.32. The molecule has 0 aromatic carbocycles. The van der Waals surface area contributed by atoms with E-state index in [0.717, 1.165) is 19.8 Å². The first-order valence-corrected chi connectivity index (χ1v) is 4.82. The minimum Gasteiger partial charge on any atom is -0.378 e. The Morgan fingerprint density at radius 1 is 1.33 bits per heavy atom. The highest BCUT2D eigenvalue weighted by atomic mass is 16.5. The largest absolute Gasteiger partial charge is 0.378 e. The molecule has 0 amide bonds. The minimum atomic E-state index is 0.324. The summed E-state index contributed by atoms with van der Waals surface area (Å²) in [5.74, 6) is 0. The lowest BCUT2D eigenvalue weighted by Gasteiger charge is -2.43. The van der Waals surface area contributed by atoms with Gasteiger partial charge in [0.1, 0.15) is 0 Å². The third kappa shape index (κ3) is 1.63. The smallest absolute Gasteiger partial charge is 0.0649 e. The second-order valence-electron chi connectivity index (χ2n) is 4.06. The number of hydrogen-bond acceptors (Lipinski definition) is 3. The first-order chi connectivity index (χ1) is 5.81. The quantitative estimate of drug-likeness (QED) is 0.557. The normalized spacial score (nSPS) is 30.8. The van der Waals surface area contributed by atoms with Crippen molar-refractivity contribution in [2.24, 2.45) is 0 Å². The van der Waals surface area contributed by atoms with Crippen LogP contribution in [0.5, 0.6) is 0 Å². The van der Waals surface area contributed by atoms with Gasteiger partial charge in [0.15, 0.2) is 0 Å². The summed E-state index contributed by atoms with van der Waals surface area (Å²) in [4.78, 5) is 2.39. The zero-order valence-corrected chi connectivity index (χ0v) is 7.81. The van der Waals surface area contributed by atoms with Crippen molar-refractivity contribution in [3.05, 3.63) is 0 Å². The van der Waals surface area contributed by atoms with Gasteiger partial charge in [-0.1, -0.05) is 0 Å². The van der Waals surface area contributed by atoms with Crippen molar-refractivity contribution in [1.29, 1.82) is 0 Å². The maximum absolute atomic E-state index is 5.52. The zero-order chi connectivity index (χ0) is 8.44. The number of nitrogens with zero attached hydrogens (tertiary/aromatic N) is 1. The summed E-state index contributed by atoms with van der Waals surface area (Å²) >= 11 is 0. The standard InChI is InChI=1S/C9H18N2O/c1-11-5-2-9(3-6-11)8-12-7-4-10-9/h10H,2-8H2,1H3. The first kappa shape index (κ1) is 8.48. The molecule has 2 saturated heterocycles. The molecule has 3 nitrogen and oxygen atoms in total. The monoisotopic (exact) mass is 170 g/mol. The topological polar surface area (TPSA) is 24.5 Å². The lowest BCUT2D eigenvalue weighted by atomic mass is 9.88. The fourth-order valence-corrected chi connectivity index (χ4v) is 2.07. The molecule has 2 rings (SSSR count). The van der Waals surface area contributed by atoms with Gasteiger partial charge >= 0.3 is 0 Å². The van der Waals surface area contributed by atoms with E-state index in [1.54, 1.807) is 0 Å². The minimum absolute atomic E-state index is 0.324. The maximum Gasteiger partial charge on any atom is 0.0649 e. The molecule has 2 fully saturated rings. The summed E-state index contributed by atoms with van der Waals surface area (Å²) in [5, 5.41) is 3.60. The average Bonchev–Trinajstić information content (AvgIpc) is 2.13. The third-order valence-electron chi connectivity index (χ3n) is 3.07. The molecule has 70 valence electrons. The summed E-state index contributed by atoms with van der Waals surface area (Å²) in [6.45, 7) is 5.24. The van der Waals surface area contributed by atoms with Crippen LogP contribution in [0.2, 0.25) is 0 Å². The Balaban J connectivity index is 1.92. The molecule has 0 aromatic rings. The first-order valence-electron chi connectivity index (χ1n) is 4.82.